The summed E-state index contributed by atoms with van der Waals surface area (Å²) in [5, 5.41) is 3.34. The van der Waals surface area contributed by atoms with Gasteiger partial charge in [0.1, 0.15) is 11.6 Å². The Labute approximate surface area is 121 Å². The second-order valence-corrected chi connectivity index (χ2v) is 4.71. The molecule has 2 unspecified atom stereocenters. The summed E-state index contributed by atoms with van der Waals surface area (Å²) < 4.78 is 25.1. The van der Waals surface area contributed by atoms with Gasteiger partial charge >= 0.3 is 0 Å². The standard InChI is InChI=1S/C16H26FNO2/c1-5-8-15(20-7-3)16(18-6-2)13-10-9-12(19-4)11-14(13)17/h9-11,15-16,18H,5-8H2,1-4H3. The van der Waals surface area contributed by atoms with Gasteiger partial charge in [-0.1, -0.05) is 26.3 Å². The first-order valence-electron chi connectivity index (χ1n) is 7.36. The van der Waals surface area contributed by atoms with Crippen LogP contribution in [-0.4, -0.2) is 26.4 Å². The van der Waals surface area contributed by atoms with Gasteiger partial charge in [0, 0.05) is 18.2 Å². The molecular weight excluding hydrogens is 257 g/mol. The lowest BCUT2D eigenvalue weighted by molar-refractivity contribution is 0.0271. The van der Waals surface area contributed by atoms with Crippen LogP contribution in [-0.2, 0) is 4.74 Å². The second-order valence-electron chi connectivity index (χ2n) is 4.71. The largest absolute Gasteiger partial charge is 0.497 e. The first kappa shape index (κ1) is 16.9. The van der Waals surface area contributed by atoms with Crippen molar-refractivity contribution in [2.75, 3.05) is 20.3 Å². The molecule has 0 aliphatic heterocycles. The first-order chi connectivity index (χ1) is 9.67. The minimum Gasteiger partial charge on any atom is -0.497 e. The molecular formula is C16H26FNO2. The fourth-order valence-corrected chi connectivity index (χ4v) is 2.39. The SMILES string of the molecule is CCCC(OCC)C(NCC)c1ccc(OC)cc1F. The van der Waals surface area contributed by atoms with Crippen LogP contribution in [0.25, 0.3) is 0 Å². The number of rotatable bonds is 9. The number of likely N-dealkylation sites (N-methyl/N-ethyl adjacent to an activating group) is 1. The van der Waals surface area contributed by atoms with Gasteiger partial charge in [-0.05, 0) is 26.0 Å². The summed E-state index contributed by atoms with van der Waals surface area (Å²) in [4.78, 5) is 0. The van der Waals surface area contributed by atoms with Gasteiger partial charge in [0.15, 0.2) is 0 Å². The van der Waals surface area contributed by atoms with Crippen molar-refractivity contribution in [1.29, 1.82) is 0 Å². The zero-order valence-corrected chi connectivity index (χ0v) is 12.9. The molecule has 2 atom stereocenters. The van der Waals surface area contributed by atoms with Crippen LogP contribution in [0.1, 0.15) is 45.2 Å². The molecule has 0 heterocycles. The third-order valence-corrected chi connectivity index (χ3v) is 3.29. The first-order valence-corrected chi connectivity index (χ1v) is 7.36. The number of nitrogens with one attached hydrogen (secondary N) is 1. The molecule has 0 saturated heterocycles. The number of halogens is 1. The summed E-state index contributed by atoms with van der Waals surface area (Å²) in [6.07, 6.45) is 1.88. The number of benzene rings is 1. The topological polar surface area (TPSA) is 30.5 Å². The van der Waals surface area contributed by atoms with E-state index in [9.17, 15) is 4.39 Å². The maximum atomic E-state index is 14.3. The Morgan fingerprint density at radius 3 is 2.50 bits per heavy atom. The molecule has 0 radical (unpaired) electrons. The molecule has 3 nitrogen and oxygen atoms in total. The maximum absolute atomic E-state index is 14.3. The molecule has 0 bridgehead atoms. The molecule has 0 amide bonds. The van der Waals surface area contributed by atoms with Gasteiger partial charge < -0.3 is 14.8 Å². The van der Waals surface area contributed by atoms with Crippen molar-refractivity contribution in [1.82, 2.24) is 5.32 Å². The Morgan fingerprint density at radius 1 is 1.25 bits per heavy atom. The fraction of sp³-hybridized carbons (Fsp3) is 0.625. The monoisotopic (exact) mass is 283 g/mol. The third-order valence-electron chi connectivity index (χ3n) is 3.29. The molecule has 1 aromatic carbocycles. The summed E-state index contributed by atoms with van der Waals surface area (Å²) in [6.45, 7) is 7.49. The fourth-order valence-electron chi connectivity index (χ4n) is 2.39. The highest BCUT2D eigenvalue weighted by molar-refractivity contribution is 5.31. The molecule has 0 aromatic heterocycles. The van der Waals surface area contributed by atoms with Gasteiger partial charge in [-0.15, -0.1) is 0 Å². The Morgan fingerprint density at radius 2 is 2.00 bits per heavy atom. The van der Waals surface area contributed by atoms with Gasteiger partial charge in [0.25, 0.3) is 0 Å². The summed E-state index contributed by atoms with van der Waals surface area (Å²) in [5.41, 5.74) is 0.638. The molecule has 0 aliphatic carbocycles. The zero-order chi connectivity index (χ0) is 15.0. The van der Waals surface area contributed by atoms with E-state index in [4.69, 9.17) is 9.47 Å². The number of hydrogen-bond acceptors (Lipinski definition) is 3. The molecule has 4 heteroatoms. The maximum Gasteiger partial charge on any atom is 0.131 e. The Balaban J connectivity index is 3.04. The van der Waals surface area contributed by atoms with Gasteiger partial charge in [0.2, 0.25) is 0 Å². The van der Waals surface area contributed by atoms with Gasteiger partial charge in [0.05, 0.1) is 19.3 Å². The summed E-state index contributed by atoms with van der Waals surface area (Å²) in [6, 6.07) is 4.86. The van der Waals surface area contributed by atoms with E-state index in [1.165, 1.54) is 13.2 Å². The van der Waals surface area contributed by atoms with Crippen LogP contribution in [0, 0.1) is 5.82 Å². The van der Waals surface area contributed by atoms with Crippen molar-refractivity contribution in [2.45, 2.75) is 45.8 Å². The minimum absolute atomic E-state index is 0.0205. The molecule has 0 fully saturated rings. The van der Waals surface area contributed by atoms with Crippen LogP contribution in [0.2, 0.25) is 0 Å². The molecule has 0 saturated carbocycles. The normalized spacial score (nSPS) is 14.1. The van der Waals surface area contributed by atoms with Crippen LogP contribution < -0.4 is 10.1 Å². The number of hydrogen-bond donors (Lipinski definition) is 1. The van der Waals surface area contributed by atoms with Crippen LogP contribution in [0.15, 0.2) is 18.2 Å². The van der Waals surface area contributed by atoms with Crippen molar-refractivity contribution in [3.05, 3.63) is 29.6 Å². The molecule has 1 aromatic rings. The lowest BCUT2D eigenvalue weighted by atomic mass is 9.97. The minimum atomic E-state index is -0.254. The quantitative estimate of drug-likeness (QED) is 0.749. The molecule has 20 heavy (non-hydrogen) atoms. The second kappa shape index (κ2) is 8.93. The van der Waals surface area contributed by atoms with Gasteiger partial charge in [-0.3, -0.25) is 0 Å². The van der Waals surface area contributed by atoms with E-state index in [0.717, 1.165) is 19.4 Å². The predicted octanol–water partition coefficient (Wildman–Crippen LogP) is 3.69. The van der Waals surface area contributed by atoms with Crippen LogP contribution in [0.4, 0.5) is 4.39 Å². The average molecular weight is 283 g/mol. The van der Waals surface area contributed by atoms with Crippen LogP contribution in [0.5, 0.6) is 5.75 Å². The smallest absolute Gasteiger partial charge is 0.131 e. The predicted molar refractivity (Wildman–Crippen MR) is 79.7 cm³/mol. The Kier molecular flexibility index (Phi) is 7.55. The van der Waals surface area contributed by atoms with E-state index in [-0.39, 0.29) is 18.0 Å². The van der Waals surface area contributed by atoms with E-state index in [0.29, 0.717) is 17.9 Å². The van der Waals surface area contributed by atoms with E-state index in [1.54, 1.807) is 12.1 Å². The van der Waals surface area contributed by atoms with E-state index in [2.05, 4.69) is 12.2 Å². The third kappa shape index (κ3) is 4.46. The van der Waals surface area contributed by atoms with E-state index < -0.39 is 0 Å². The van der Waals surface area contributed by atoms with Gasteiger partial charge in [-0.2, -0.15) is 0 Å². The Hall–Kier alpha value is -1.13. The molecule has 1 rings (SSSR count). The van der Waals surface area contributed by atoms with E-state index >= 15 is 0 Å². The highest BCUT2D eigenvalue weighted by Crippen LogP contribution is 2.27. The van der Waals surface area contributed by atoms with Crippen molar-refractivity contribution in [2.24, 2.45) is 0 Å². The lowest BCUT2D eigenvalue weighted by Crippen LogP contribution is -2.34. The zero-order valence-electron chi connectivity index (χ0n) is 12.9. The highest BCUT2D eigenvalue weighted by Gasteiger charge is 2.25. The molecule has 0 aliphatic rings. The van der Waals surface area contributed by atoms with Crippen molar-refractivity contribution in [3.63, 3.8) is 0 Å². The van der Waals surface area contributed by atoms with Crippen LogP contribution in [0.3, 0.4) is 0 Å². The van der Waals surface area contributed by atoms with E-state index in [1.807, 2.05) is 13.8 Å². The molecule has 114 valence electrons. The lowest BCUT2D eigenvalue weighted by Gasteiger charge is -2.28. The number of methoxy groups -OCH3 is 1. The summed E-state index contributed by atoms with van der Waals surface area (Å²) >= 11 is 0. The number of ether oxygens (including phenoxy) is 2. The van der Waals surface area contributed by atoms with Crippen molar-refractivity contribution >= 4 is 0 Å². The average Bonchev–Trinajstić information content (AvgIpc) is 2.45. The molecule has 1 N–H and O–H groups in total. The molecule has 0 spiro atoms. The summed E-state index contributed by atoms with van der Waals surface area (Å²) in [5.74, 6) is 0.279. The van der Waals surface area contributed by atoms with Crippen molar-refractivity contribution < 1.29 is 13.9 Å². The Bertz CT molecular complexity index is 392. The van der Waals surface area contributed by atoms with Crippen molar-refractivity contribution in [3.8, 4) is 5.75 Å². The summed E-state index contributed by atoms with van der Waals surface area (Å²) in [7, 11) is 1.54. The van der Waals surface area contributed by atoms with Crippen LogP contribution >= 0.6 is 0 Å². The highest BCUT2D eigenvalue weighted by atomic mass is 19.1. The van der Waals surface area contributed by atoms with Gasteiger partial charge in [-0.25, -0.2) is 4.39 Å².